The largest absolute Gasteiger partial charge is 0.379 e. The quantitative estimate of drug-likeness (QED) is 0.0650. The SMILES string of the molecule is CC[C@H](C)[C@@H](C(CC(=O)N1CCC[C@H]1[C@H](OC)C(C)C(=O)NCCC1C=CC=CC=C1)OC)N(C)C(=O)[C@@H](NC(=O)C(C)(C)NC(=O)CCOCCOCCOCCOCCOCCOCCN)C(C)C. The van der Waals surface area contributed by atoms with Crippen LogP contribution >= 0.6 is 0 Å². The lowest BCUT2D eigenvalue weighted by Gasteiger charge is -2.41. The summed E-state index contributed by atoms with van der Waals surface area (Å²) in [5, 5.41) is 8.76. The van der Waals surface area contributed by atoms with Crippen LogP contribution in [-0.4, -0.2) is 195 Å². The molecule has 0 aromatic rings. The predicted octanol–water partition coefficient (Wildman–Crippen LogP) is 3.20. The van der Waals surface area contributed by atoms with E-state index in [1.165, 1.54) is 0 Å². The summed E-state index contributed by atoms with van der Waals surface area (Å²) in [6, 6.07) is -1.78. The first-order chi connectivity index (χ1) is 34.0. The molecule has 1 aliphatic heterocycles. The third-order valence-electron chi connectivity index (χ3n) is 12.9. The summed E-state index contributed by atoms with van der Waals surface area (Å²) in [6.45, 7) is 19.1. The van der Waals surface area contributed by atoms with E-state index >= 15 is 0 Å². The fraction of sp³-hybridized carbons (Fsp3) is 0.788. The van der Waals surface area contributed by atoms with E-state index in [1.54, 1.807) is 40.0 Å². The molecule has 1 fully saturated rings. The number of rotatable bonds is 39. The van der Waals surface area contributed by atoms with Crippen LogP contribution in [-0.2, 0) is 61.9 Å². The minimum absolute atomic E-state index is 0.000264. The van der Waals surface area contributed by atoms with E-state index in [0.717, 1.165) is 12.8 Å². The van der Waals surface area contributed by atoms with Crippen molar-refractivity contribution in [2.24, 2.45) is 29.4 Å². The topological polar surface area (TPSA) is 228 Å². The van der Waals surface area contributed by atoms with E-state index in [1.807, 2.05) is 63.8 Å². The molecule has 5 amide bonds. The van der Waals surface area contributed by atoms with Crippen LogP contribution < -0.4 is 21.7 Å². The smallest absolute Gasteiger partial charge is 0.245 e. The molecule has 7 atom stereocenters. The summed E-state index contributed by atoms with van der Waals surface area (Å²) in [5.41, 5.74) is 4.01. The Morgan fingerprint density at radius 3 is 1.80 bits per heavy atom. The molecule has 408 valence electrons. The predicted molar refractivity (Wildman–Crippen MR) is 272 cm³/mol. The molecular formula is C52H92N6O13. The highest BCUT2D eigenvalue weighted by Crippen LogP contribution is 2.30. The molecular weight excluding hydrogens is 917 g/mol. The number of methoxy groups -OCH3 is 2. The molecule has 0 saturated carbocycles. The molecule has 2 unspecified atom stereocenters. The monoisotopic (exact) mass is 1010 g/mol. The zero-order chi connectivity index (χ0) is 52.6. The molecule has 0 aromatic heterocycles. The summed E-state index contributed by atoms with van der Waals surface area (Å²) < 4.78 is 44.7. The Hall–Kier alpha value is -3.79. The maximum absolute atomic E-state index is 14.5. The number of ether oxygens (including phenoxy) is 8. The van der Waals surface area contributed by atoms with Gasteiger partial charge in [0, 0.05) is 47.3 Å². The Morgan fingerprint density at radius 1 is 0.775 bits per heavy atom. The van der Waals surface area contributed by atoms with Crippen LogP contribution in [0, 0.1) is 23.7 Å². The van der Waals surface area contributed by atoms with E-state index in [0.29, 0.717) is 98.5 Å². The maximum atomic E-state index is 14.5. The number of allylic oxidation sites excluding steroid dienone is 6. The highest BCUT2D eigenvalue weighted by molar-refractivity contribution is 5.94. The van der Waals surface area contributed by atoms with Crippen molar-refractivity contribution in [1.29, 1.82) is 0 Å². The molecule has 19 nitrogen and oxygen atoms in total. The van der Waals surface area contributed by atoms with E-state index in [2.05, 4.69) is 28.1 Å². The van der Waals surface area contributed by atoms with Crippen molar-refractivity contribution in [3.05, 3.63) is 36.5 Å². The molecule has 0 spiro atoms. The zero-order valence-corrected chi connectivity index (χ0v) is 44.8. The van der Waals surface area contributed by atoms with Crippen LogP contribution in [0.25, 0.3) is 0 Å². The third-order valence-corrected chi connectivity index (χ3v) is 12.9. The van der Waals surface area contributed by atoms with Crippen molar-refractivity contribution >= 4 is 29.5 Å². The molecule has 1 saturated heterocycles. The van der Waals surface area contributed by atoms with Gasteiger partial charge in [-0.1, -0.05) is 77.5 Å². The highest BCUT2D eigenvalue weighted by Gasteiger charge is 2.43. The van der Waals surface area contributed by atoms with Gasteiger partial charge >= 0.3 is 0 Å². The average Bonchev–Trinajstić information content (AvgIpc) is 3.68. The van der Waals surface area contributed by atoms with Crippen molar-refractivity contribution in [1.82, 2.24) is 25.8 Å². The van der Waals surface area contributed by atoms with Gasteiger partial charge in [-0.25, -0.2) is 0 Å². The molecule has 1 heterocycles. The number of hydrogen-bond donors (Lipinski definition) is 4. The van der Waals surface area contributed by atoms with Crippen molar-refractivity contribution < 1.29 is 61.9 Å². The molecule has 19 heteroatoms. The first kappa shape index (κ1) is 63.3. The van der Waals surface area contributed by atoms with Gasteiger partial charge in [0.15, 0.2) is 0 Å². The molecule has 0 bridgehead atoms. The Morgan fingerprint density at radius 2 is 1.31 bits per heavy atom. The number of likely N-dealkylation sites (N-methyl/N-ethyl adjacent to an activating group) is 1. The van der Waals surface area contributed by atoms with Crippen LogP contribution in [0.4, 0.5) is 0 Å². The Labute approximate surface area is 424 Å². The average molecular weight is 1010 g/mol. The second kappa shape index (κ2) is 36.2. The number of nitrogens with zero attached hydrogens (tertiary/aromatic N) is 2. The van der Waals surface area contributed by atoms with Crippen LogP contribution in [0.15, 0.2) is 36.5 Å². The molecule has 71 heavy (non-hydrogen) atoms. The van der Waals surface area contributed by atoms with E-state index in [9.17, 15) is 24.0 Å². The van der Waals surface area contributed by atoms with Gasteiger partial charge < -0.3 is 69.4 Å². The minimum atomic E-state index is -1.35. The Bertz CT molecular complexity index is 1610. The first-order valence-electron chi connectivity index (χ1n) is 25.7. The van der Waals surface area contributed by atoms with Gasteiger partial charge in [0.2, 0.25) is 29.5 Å². The van der Waals surface area contributed by atoms with Crippen LogP contribution in [0.1, 0.15) is 87.0 Å². The zero-order valence-electron chi connectivity index (χ0n) is 44.8. The van der Waals surface area contributed by atoms with E-state index in [-0.39, 0.29) is 73.5 Å². The van der Waals surface area contributed by atoms with Gasteiger partial charge in [-0.05, 0) is 50.9 Å². The highest BCUT2D eigenvalue weighted by atomic mass is 16.6. The lowest BCUT2D eigenvalue weighted by molar-refractivity contribution is -0.148. The number of carbonyl (C=O) groups is 5. The number of nitrogens with one attached hydrogen (secondary N) is 3. The molecule has 2 aliphatic rings. The van der Waals surface area contributed by atoms with Gasteiger partial charge in [-0.15, -0.1) is 0 Å². The summed E-state index contributed by atoms with van der Waals surface area (Å²) in [7, 11) is 4.81. The third kappa shape index (κ3) is 23.7. The van der Waals surface area contributed by atoms with Crippen molar-refractivity contribution in [2.45, 2.75) is 123 Å². The van der Waals surface area contributed by atoms with E-state index in [4.69, 9.17) is 43.6 Å². The van der Waals surface area contributed by atoms with Crippen LogP contribution in [0.5, 0.6) is 0 Å². The number of carbonyl (C=O) groups excluding carboxylic acids is 5. The minimum Gasteiger partial charge on any atom is -0.379 e. The van der Waals surface area contributed by atoms with Gasteiger partial charge in [-0.3, -0.25) is 24.0 Å². The fourth-order valence-electron chi connectivity index (χ4n) is 8.60. The standard InChI is InChI=1S/C52H92N6O13/c1-11-39(4)47(43(64-9)37-45(60)58-24-16-19-42(58)48(65-10)40(5)49(61)54-23-20-41-17-14-12-13-15-18-41)57(8)50(62)46(38(2)3)55-51(63)52(6,7)56-44(59)21-25-66-27-29-68-31-33-70-35-36-71-34-32-69-30-28-67-26-22-53/h12-15,17-18,38-43,46-48H,11,16,19-37,53H2,1-10H3,(H,54,61)(H,55,63)(H,56,59)/t39-,40?,42-,43?,46-,47-,48+/m0/s1. The molecule has 1 aliphatic carbocycles. The summed E-state index contributed by atoms with van der Waals surface area (Å²) in [4.78, 5) is 72.2. The second-order valence-electron chi connectivity index (χ2n) is 19.1. The van der Waals surface area contributed by atoms with Crippen LogP contribution in [0.3, 0.4) is 0 Å². The van der Waals surface area contributed by atoms with Gasteiger partial charge in [0.1, 0.15) is 11.6 Å². The fourth-order valence-corrected chi connectivity index (χ4v) is 8.60. The second-order valence-corrected chi connectivity index (χ2v) is 19.1. The number of amides is 5. The normalized spacial score (nSPS) is 17.6. The van der Waals surface area contributed by atoms with Gasteiger partial charge in [0.05, 0.1) is 116 Å². The number of hydrogen-bond acceptors (Lipinski definition) is 14. The first-order valence-corrected chi connectivity index (χ1v) is 25.7. The Balaban J connectivity index is 1.87. The van der Waals surface area contributed by atoms with Gasteiger partial charge in [0.25, 0.3) is 0 Å². The van der Waals surface area contributed by atoms with Crippen LogP contribution in [0.2, 0.25) is 0 Å². The van der Waals surface area contributed by atoms with Crippen molar-refractivity contribution in [3.8, 4) is 0 Å². The lowest BCUT2D eigenvalue weighted by Crippen LogP contribution is -2.62. The summed E-state index contributed by atoms with van der Waals surface area (Å²) >= 11 is 0. The van der Waals surface area contributed by atoms with E-state index < -0.39 is 41.7 Å². The summed E-state index contributed by atoms with van der Waals surface area (Å²) in [6.07, 6.45) is 13.9. The molecule has 0 aromatic carbocycles. The molecule has 0 radical (unpaired) electrons. The van der Waals surface area contributed by atoms with Crippen molar-refractivity contribution in [2.75, 3.05) is 120 Å². The maximum Gasteiger partial charge on any atom is 0.245 e. The lowest BCUT2D eigenvalue weighted by atomic mass is 9.89. The van der Waals surface area contributed by atoms with Gasteiger partial charge in [-0.2, -0.15) is 0 Å². The molecule has 2 rings (SSSR count). The van der Waals surface area contributed by atoms with Crippen molar-refractivity contribution in [3.63, 3.8) is 0 Å². The number of nitrogens with two attached hydrogens (primary N) is 1. The Kier molecular flexibility index (Phi) is 32.3. The number of likely N-dealkylation sites (tertiary alicyclic amines) is 1. The molecule has 5 N–H and O–H groups in total. The summed E-state index contributed by atoms with van der Waals surface area (Å²) in [5.74, 6) is -2.20.